The van der Waals surface area contributed by atoms with Crippen molar-refractivity contribution < 1.29 is 9.57 Å². The molecule has 0 amide bonds. The molecule has 4 nitrogen and oxygen atoms in total. The quantitative estimate of drug-likeness (QED) is 0.730. The Morgan fingerprint density at radius 1 is 1.40 bits per heavy atom. The second kappa shape index (κ2) is 3.79. The maximum absolute atomic E-state index is 6.13. The molecular formula is C16H16N2O2. The van der Waals surface area contributed by atoms with Gasteiger partial charge in [-0.05, 0) is 29.2 Å². The molecule has 0 aromatic rings. The van der Waals surface area contributed by atoms with Gasteiger partial charge in [0, 0.05) is 19.1 Å². The molecule has 5 aliphatic rings. The molecule has 0 saturated carbocycles. The number of allylic oxidation sites excluding steroid dienone is 3. The molecule has 0 radical (unpaired) electrons. The average molecular weight is 268 g/mol. The number of hydrogen-bond acceptors (Lipinski definition) is 4. The lowest BCUT2D eigenvalue weighted by Gasteiger charge is -2.49. The van der Waals surface area contributed by atoms with Gasteiger partial charge in [-0.1, -0.05) is 18.2 Å². The number of hydrogen-bond donors (Lipinski definition) is 1. The van der Waals surface area contributed by atoms with Crippen molar-refractivity contribution >= 4 is 6.21 Å². The fraction of sp³-hybridized carbons (Fsp3) is 0.438. The first kappa shape index (κ1) is 11.2. The molecule has 5 rings (SSSR count). The molecule has 102 valence electrons. The molecule has 4 heteroatoms. The molecule has 2 fully saturated rings. The molecule has 3 heterocycles. The number of nitrogens with zero attached hydrogens (tertiary/aromatic N) is 1. The van der Waals surface area contributed by atoms with E-state index in [-0.39, 0.29) is 17.7 Å². The molecular weight excluding hydrogens is 252 g/mol. The van der Waals surface area contributed by atoms with Crippen molar-refractivity contribution in [2.45, 2.75) is 37.0 Å². The fourth-order valence-corrected chi connectivity index (χ4v) is 3.93. The van der Waals surface area contributed by atoms with Crippen molar-refractivity contribution in [2.24, 2.45) is 4.99 Å². The van der Waals surface area contributed by atoms with Gasteiger partial charge in [0.1, 0.15) is 17.7 Å². The Kier molecular flexibility index (Phi) is 2.12. The minimum absolute atomic E-state index is 0.0323. The van der Waals surface area contributed by atoms with Crippen molar-refractivity contribution in [3.05, 3.63) is 46.7 Å². The summed E-state index contributed by atoms with van der Waals surface area (Å²) in [7, 11) is 0. The Morgan fingerprint density at radius 2 is 2.40 bits per heavy atom. The predicted molar refractivity (Wildman–Crippen MR) is 75.2 cm³/mol. The fourth-order valence-electron chi connectivity index (χ4n) is 3.93. The van der Waals surface area contributed by atoms with E-state index in [1.54, 1.807) is 0 Å². The van der Waals surface area contributed by atoms with Crippen LogP contribution in [0.3, 0.4) is 0 Å². The first-order valence-electron chi connectivity index (χ1n) is 7.26. The van der Waals surface area contributed by atoms with Crippen LogP contribution < -0.4 is 5.48 Å². The molecule has 0 aromatic heterocycles. The van der Waals surface area contributed by atoms with Crippen LogP contribution in [0.15, 0.2) is 51.7 Å². The summed E-state index contributed by atoms with van der Waals surface area (Å²) in [6.45, 7) is 0.779. The zero-order valence-electron chi connectivity index (χ0n) is 11.1. The van der Waals surface area contributed by atoms with E-state index in [1.165, 1.54) is 16.7 Å². The van der Waals surface area contributed by atoms with E-state index in [0.717, 1.165) is 31.6 Å². The zero-order valence-corrected chi connectivity index (χ0v) is 11.1. The van der Waals surface area contributed by atoms with Crippen molar-refractivity contribution in [1.82, 2.24) is 5.48 Å². The Morgan fingerprint density at radius 3 is 3.40 bits per heavy atom. The topological polar surface area (TPSA) is 42.8 Å². The van der Waals surface area contributed by atoms with Crippen LogP contribution in [0, 0.1) is 0 Å². The standard InChI is InChI=1S/C16H16N2O2/c1-2-11-4-7-19-15-12-9-13-10(3-6-17-13)8-14(12)20-18-16(11,15)5-1/h1-2,5-6,9,14-15,18H,3-4,7-8H2. The van der Waals surface area contributed by atoms with Gasteiger partial charge < -0.3 is 4.74 Å². The normalized spacial score (nSPS) is 40.8. The van der Waals surface area contributed by atoms with Crippen LogP contribution in [0.25, 0.3) is 0 Å². The van der Waals surface area contributed by atoms with Crippen LogP contribution in [0.5, 0.6) is 0 Å². The molecule has 0 bridgehead atoms. The van der Waals surface area contributed by atoms with Crippen LogP contribution in [-0.4, -0.2) is 30.6 Å². The number of nitrogens with one attached hydrogen (secondary N) is 1. The van der Waals surface area contributed by atoms with Crippen LogP contribution in [-0.2, 0) is 9.57 Å². The highest BCUT2D eigenvalue weighted by atomic mass is 16.7. The summed E-state index contributed by atoms with van der Waals surface area (Å²) in [6.07, 6.45) is 13.6. The van der Waals surface area contributed by atoms with Gasteiger partial charge in [0.25, 0.3) is 0 Å². The second-order valence-electron chi connectivity index (χ2n) is 5.98. The summed E-state index contributed by atoms with van der Waals surface area (Å²) in [5, 5.41) is 0. The van der Waals surface area contributed by atoms with Gasteiger partial charge in [-0.25, -0.2) is 0 Å². The van der Waals surface area contributed by atoms with Gasteiger partial charge in [0.2, 0.25) is 0 Å². The van der Waals surface area contributed by atoms with Crippen molar-refractivity contribution in [2.75, 3.05) is 6.61 Å². The minimum atomic E-state index is -0.291. The number of hydroxylamine groups is 1. The Hall–Kier alpha value is -1.49. The minimum Gasteiger partial charge on any atom is -0.371 e. The van der Waals surface area contributed by atoms with E-state index in [0.29, 0.717) is 0 Å². The Balaban J connectivity index is 1.62. The highest BCUT2D eigenvalue weighted by molar-refractivity contribution is 5.70. The van der Waals surface area contributed by atoms with E-state index in [9.17, 15) is 0 Å². The van der Waals surface area contributed by atoms with E-state index >= 15 is 0 Å². The lowest BCUT2D eigenvalue weighted by atomic mass is 9.75. The van der Waals surface area contributed by atoms with Gasteiger partial charge in [0.05, 0.1) is 12.3 Å². The summed E-state index contributed by atoms with van der Waals surface area (Å²) in [6, 6.07) is 0. The smallest absolute Gasteiger partial charge is 0.113 e. The third-order valence-electron chi connectivity index (χ3n) is 4.97. The molecule has 20 heavy (non-hydrogen) atoms. The summed E-state index contributed by atoms with van der Waals surface area (Å²) in [5.74, 6) is 0. The van der Waals surface area contributed by atoms with E-state index in [4.69, 9.17) is 9.57 Å². The van der Waals surface area contributed by atoms with Gasteiger partial charge in [0.15, 0.2) is 0 Å². The first-order chi connectivity index (χ1) is 9.87. The summed E-state index contributed by atoms with van der Waals surface area (Å²) < 4.78 is 6.13. The van der Waals surface area contributed by atoms with Crippen molar-refractivity contribution in [3.8, 4) is 0 Å². The van der Waals surface area contributed by atoms with Gasteiger partial charge in [-0.3, -0.25) is 9.83 Å². The maximum atomic E-state index is 6.13. The lowest BCUT2D eigenvalue weighted by molar-refractivity contribution is -0.133. The number of aliphatic imine (C=N–C) groups is 1. The predicted octanol–water partition coefficient (Wildman–Crippen LogP) is 1.97. The molecule has 3 unspecified atom stereocenters. The maximum Gasteiger partial charge on any atom is 0.113 e. The molecule has 0 aromatic carbocycles. The molecule has 3 aliphatic heterocycles. The van der Waals surface area contributed by atoms with Crippen LogP contribution in [0.4, 0.5) is 0 Å². The largest absolute Gasteiger partial charge is 0.371 e. The van der Waals surface area contributed by atoms with Crippen molar-refractivity contribution in [3.63, 3.8) is 0 Å². The highest BCUT2D eigenvalue weighted by Gasteiger charge is 2.52. The number of rotatable bonds is 0. The average Bonchev–Trinajstić information content (AvgIpc) is 3.09. The molecule has 1 spiro atoms. The van der Waals surface area contributed by atoms with Crippen LogP contribution in [0.1, 0.15) is 19.3 Å². The third kappa shape index (κ3) is 1.29. The van der Waals surface area contributed by atoms with Gasteiger partial charge in [-0.15, -0.1) is 0 Å². The summed E-state index contributed by atoms with van der Waals surface area (Å²) >= 11 is 0. The van der Waals surface area contributed by atoms with E-state index in [2.05, 4.69) is 34.8 Å². The molecule has 2 saturated heterocycles. The van der Waals surface area contributed by atoms with Gasteiger partial charge >= 0.3 is 0 Å². The van der Waals surface area contributed by atoms with Crippen LogP contribution >= 0.6 is 0 Å². The Bertz CT molecular complexity index is 641. The number of fused-ring (bicyclic) bond motifs is 2. The van der Waals surface area contributed by atoms with Crippen LogP contribution in [0.2, 0.25) is 0 Å². The lowest BCUT2D eigenvalue weighted by Crippen LogP contribution is -2.63. The van der Waals surface area contributed by atoms with Crippen molar-refractivity contribution in [1.29, 1.82) is 0 Å². The monoisotopic (exact) mass is 268 g/mol. The second-order valence-corrected chi connectivity index (χ2v) is 5.98. The van der Waals surface area contributed by atoms with E-state index in [1.807, 2.05) is 6.21 Å². The first-order valence-corrected chi connectivity index (χ1v) is 7.26. The zero-order chi connectivity index (χ0) is 13.2. The Labute approximate surface area is 117 Å². The third-order valence-corrected chi connectivity index (χ3v) is 4.97. The highest BCUT2D eigenvalue weighted by Crippen LogP contribution is 2.46. The van der Waals surface area contributed by atoms with E-state index < -0.39 is 0 Å². The molecule has 3 atom stereocenters. The SMILES string of the molecule is C1=CC23NOC4CC5=C(C=C4C2OCCC3=C1)N=CC5. The van der Waals surface area contributed by atoms with Gasteiger partial charge in [-0.2, -0.15) is 5.48 Å². The number of ether oxygens (including phenoxy) is 1. The summed E-state index contributed by atoms with van der Waals surface area (Å²) in [5.41, 5.74) is 8.10. The molecule has 2 aliphatic carbocycles. The molecule has 1 N–H and O–H groups in total. The summed E-state index contributed by atoms with van der Waals surface area (Å²) in [4.78, 5) is 10.5.